The second-order valence-corrected chi connectivity index (χ2v) is 10.6. The summed E-state index contributed by atoms with van der Waals surface area (Å²) >= 11 is 0. The number of hydrogen-bond acceptors (Lipinski definition) is 1. The van der Waals surface area contributed by atoms with E-state index < -0.39 is 0 Å². The normalized spacial score (nSPS) is 12.0. The first-order chi connectivity index (χ1) is 20.7. The highest BCUT2D eigenvalue weighted by atomic mass is 15.4. The van der Waals surface area contributed by atoms with Gasteiger partial charge >= 0.3 is 0 Å². The molecule has 1 heterocycles. The maximum absolute atomic E-state index is 8.77. The topological polar surface area (TPSA) is 53.2 Å². The van der Waals surface area contributed by atoms with E-state index in [2.05, 4.69) is 95.2 Å². The molecule has 0 amide bonds. The molecule has 0 fully saturated rings. The largest absolute Gasteiger partial charge is 0.282 e. The Balaban J connectivity index is 1.36. The zero-order valence-electron chi connectivity index (χ0n) is 22.8. The highest BCUT2D eigenvalue weighted by Crippen LogP contribution is 2.49. The van der Waals surface area contributed by atoms with Gasteiger partial charge < -0.3 is 0 Å². The minimum absolute atomic E-state index is 0.200. The van der Waals surface area contributed by atoms with Gasteiger partial charge in [-0.15, -0.1) is 0 Å². The van der Waals surface area contributed by atoms with Gasteiger partial charge in [0.25, 0.3) is 0 Å². The van der Waals surface area contributed by atoms with Crippen molar-refractivity contribution in [2.45, 2.75) is 0 Å². The highest BCUT2D eigenvalue weighted by molar-refractivity contribution is 6.17. The molecular weight excluding hydrogens is 512 g/mol. The molecule has 2 N–H and O–H groups in total. The molecule has 1 aliphatic rings. The van der Waals surface area contributed by atoms with Crippen LogP contribution in [0.2, 0.25) is 0 Å². The van der Waals surface area contributed by atoms with E-state index in [1.165, 1.54) is 44.0 Å². The Morgan fingerprint density at radius 3 is 1.76 bits per heavy atom. The third-order valence-corrected chi connectivity index (χ3v) is 8.06. The summed E-state index contributed by atoms with van der Waals surface area (Å²) in [7, 11) is 0. The Hall–Kier alpha value is -5.74. The Labute approximate surface area is 243 Å². The molecule has 0 aliphatic heterocycles. The van der Waals surface area contributed by atoms with Crippen LogP contribution in [0.1, 0.15) is 11.1 Å². The van der Waals surface area contributed by atoms with Crippen LogP contribution in [0.25, 0.3) is 55.1 Å². The molecule has 0 bridgehead atoms. The van der Waals surface area contributed by atoms with Crippen LogP contribution in [0.15, 0.2) is 151 Å². The molecule has 0 saturated carbocycles. The van der Waals surface area contributed by atoms with Crippen LogP contribution in [0.4, 0.5) is 0 Å². The average Bonchev–Trinajstić information content (AvgIpc) is 3.37. The smallest absolute Gasteiger partial charge is 0.154 e. The fourth-order valence-electron chi connectivity index (χ4n) is 6.08. The summed E-state index contributed by atoms with van der Waals surface area (Å²) in [6.45, 7) is 0. The number of aliphatic imine (C=N–C) groups is 1. The number of rotatable bonds is 3. The molecule has 6 aromatic carbocycles. The predicted octanol–water partition coefficient (Wildman–Crippen LogP) is 9.12. The Bertz CT molecular complexity index is 2170. The van der Waals surface area contributed by atoms with Crippen molar-refractivity contribution in [1.82, 2.24) is 4.68 Å². The van der Waals surface area contributed by atoms with Crippen molar-refractivity contribution in [3.63, 3.8) is 0 Å². The van der Waals surface area contributed by atoms with E-state index in [0.29, 0.717) is 5.84 Å². The van der Waals surface area contributed by atoms with Crippen molar-refractivity contribution >= 4 is 33.3 Å². The first kappa shape index (κ1) is 24.1. The average molecular weight is 539 g/mol. The van der Waals surface area contributed by atoms with Crippen LogP contribution >= 0.6 is 0 Å². The quantitative estimate of drug-likeness (QED) is 0.171. The van der Waals surface area contributed by atoms with Crippen LogP contribution in [0, 0.1) is 5.41 Å². The molecule has 0 atom stereocenters. The van der Waals surface area contributed by atoms with Gasteiger partial charge in [0.05, 0.1) is 5.52 Å². The van der Waals surface area contributed by atoms with E-state index in [1.807, 2.05) is 60.7 Å². The second kappa shape index (κ2) is 9.72. The summed E-state index contributed by atoms with van der Waals surface area (Å²) in [6, 6.07) is 48.0. The van der Waals surface area contributed by atoms with Crippen molar-refractivity contribution < 1.29 is 0 Å². The summed E-state index contributed by atoms with van der Waals surface area (Å²) in [6.07, 6.45) is 2.18. The van der Waals surface area contributed by atoms with E-state index in [-0.39, 0.29) is 5.84 Å². The van der Waals surface area contributed by atoms with Crippen molar-refractivity contribution in [2.75, 3.05) is 5.43 Å². The Kier molecular flexibility index (Phi) is 5.57. The maximum atomic E-state index is 8.77. The first-order valence-corrected chi connectivity index (χ1v) is 14.1. The number of amidine groups is 2. The Morgan fingerprint density at radius 1 is 0.524 bits per heavy atom. The summed E-state index contributed by atoms with van der Waals surface area (Å²) in [5.74, 6) is 0.806. The molecule has 1 aliphatic carbocycles. The molecule has 1 aromatic heterocycles. The fourth-order valence-corrected chi connectivity index (χ4v) is 6.08. The van der Waals surface area contributed by atoms with Gasteiger partial charge in [0.2, 0.25) is 0 Å². The SMILES string of the molecule is N=C(N=C(Nn1cc2c3c(cccc31)-c1ccccc1-c1cc3ccccc3cc1-2)c1ccccc1)c1ccccc1. The van der Waals surface area contributed by atoms with E-state index in [0.717, 1.165) is 22.2 Å². The number of aromatic nitrogens is 1. The molecule has 0 unspecified atom stereocenters. The van der Waals surface area contributed by atoms with Gasteiger partial charge in [-0.05, 0) is 56.8 Å². The second-order valence-electron chi connectivity index (χ2n) is 10.6. The standard InChI is InChI=1S/C38H26N4/c39-37(25-12-3-1-4-13-25)40-38(26-14-5-2-6-15-26)41-42-24-34-33-23-28-17-8-7-16-27(28)22-32(33)30-19-10-9-18-29(30)31-20-11-21-35(42)36(31)34/h1-24H,(H2,39,40,41). The van der Waals surface area contributed by atoms with Gasteiger partial charge in [0.1, 0.15) is 0 Å². The number of hydrogen-bond donors (Lipinski definition) is 2. The van der Waals surface area contributed by atoms with Crippen molar-refractivity contribution in [2.24, 2.45) is 4.99 Å². The molecular formula is C38H26N4. The van der Waals surface area contributed by atoms with Crippen molar-refractivity contribution in [3.8, 4) is 33.4 Å². The zero-order valence-corrected chi connectivity index (χ0v) is 22.8. The molecule has 198 valence electrons. The van der Waals surface area contributed by atoms with Crippen LogP contribution in [-0.2, 0) is 0 Å². The van der Waals surface area contributed by atoms with E-state index in [1.54, 1.807) is 0 Å². The van der Waals surface area contributed by atoms with Crippen molar-refractivity contribution in [3.05, 3.63) is 157 Å². The lowest BCUT2D eigenvalue weighted by molar-refractivity contribution is 1.03. The van der Waals surface area contributed by atoms with Crippen LogP contribution in [0.5, 0.6) is 0 Å². The van der Waals surface area contributed by atoms with Gasteiger partial charge in [0.15, 0.2) is 11.7 Å². The molecule has 7 aromatic rings. The molecule has 0 radical (unpaired) electrons. The van der Waals surface area contributed by atoms with E-state index >= 15 is 0 Å². The molecule has 0 saturated heterocycles. The lowest BCUT2D eigenvalue weighted by Crippen LogP contribution is -2.24. The predicted molar refractivity (Wildman–Crippen MR) is 175 cm³/mol. The van der Waals surface area contributed by atoms with Gasteiger partial charge in [-0.1, -0.05) is 121 Å². The minimum atomic E-state index is 0.200. The minimum Gasteiger partial charge on any atom is -0.282 e. The molecule has 4 heteroatoms. The number of nitrogens with one attached hydrogen (secondary N) is 2. The van der Waals surface area contributed by atoms with Gasteiger partial charge in [-0.25, -0.2) is 4.99 Å². The van der Waals surface area contributed by atoms with Crippen LogP contribution < -0.4 is 5.43 Å². The summed E-state index contributed by atoms with van der Waals surface area (Å²) in [5.41, 5.74) is 13.6. The lowest BCUT2D eigenvalue weighted by atomic mass is 9.92. The van der Waals surface area contributed by atoms with Gasteiger partial charge in [0, 0.05) is 28.3 Å². The lowest BCUT2D eigenvalue weighted by Gasteiger charge is -2.15. The van der Waals surface area contributed by atoms with E-state index in [4.69, 9.17) is 10.4 Å². The van der Waals surface area contributed by atoms with Crippen LogP contribution in [0.3, 0.4) is 0 Å². The van der Waals surface area contributed by atoms with Gasteiger partial charge in [-0.2, -0.15) is 0 Å². The number of fused-ring (bicyclic) bond motifs is 6. The third-order valence-electron chi connectivity index (χ3n) is 8.06. The fraction of sp³-hybridized carbons (Fsp3) is 0. The number of benzene rings is 6. The van der Waals surface area contributed by atoms with E-state index in [9.17, 15) is 0 Å². The highest BCUT2D eigenvalue weighted by Gasteiger charge is 2.24. The number of nitrogens with zero attached hydrogens (tertiary/aromatic N) is 2. The monoisotopic (exact) mass is 538 g/mol. The van der Waals surface area contributed by atoms with Crippen molar-refractivity contribution in [1.29, 1.82) is 5.41 Å². The van der Waals surface area contributed by atoms with Gasteiger partial charge in [-0.3, -0.25) is 15.5 Å². The molecule has 4 nitrogen and oxygen atoms in total. The third kappa shape index (κ3) is 3.93. The summed E-state index contributed by atoms with van der Waals surface area (Å²) < 4.78 is 2.06. The molecule has 42 heavy (non-hydrogen) atoms. The maximum Gasteiger partial charge on any atom is 0.154 e. The Morgan fingerprint density at radius 2 is 1.07 bits per heavy atom. The summed E-state index contributed by atoms with van der Waals surface area (Å²) in [5, 5.41) is 12.4. The van der Waals surface area contributed by atoms with Crippen LogP contribution in [-0.4, -0.2) is 16.3 Å². The summed E-state index contributed by atoms with van der Waals surface area (Å²) in [4.78, 5) is 4.80. The zero-order chi connectivity index (χ0) is 28.0. The molecule has 8 rings (SSSR count). The molecule has 0 spiro atoms. The first-order valence-electron chi connectivity index (χ1n) is 14.1.